The fraction of sp³-hybridized carbons (Fsp3) is 0.643. The van der Waals surface area contributed by atoms with Crippen LogP contribution in [-0.4, -0.2) is 29.0 Å². The van der Waals surface area contributed by atoms with Crippen molar-refractivity contribution in [2.45, 2.75) is 46.0 Å². The van der Waals surface area contributed by atoms with Gasteiger partial charge in [0.05, 0.1) is 0 Å². The summed E-state index contributed by atoms with van der Waals surface area (Å²) in [5, 5.41) is 0. The highest BCUT2D eigenvalue weighted by Gasteiger charge is 2.35. The van der Waals surface area contributed by atoms with Crippen molar-refractivity contribution in [3.63, 3.8) is 0 Å². The first kappa shape index (κ1) is 17.6. The molecule has 1 heterocycles. The average Bonchev–Trinajstić information content (AvgIpc) is 2.59. The molecule has 112 valence electrons. The van der Waals surface area contributed by atoms with E-state index in [0.717, 1.165) is 25.7 Å². The molecule has 1 aliphatic rings. The molecule has 0 aromatic rings. The summed E-state index contributed by atoms with van der Waals surface area (Å²) in [6.45, 7) is 4.26. The third-order valence-corrected chi connectivity index (χ3v) is 5.26. The van der Waals surface area contributed by atoms with Gasteiger partial charge < -0.3 is 0 Å². The van der Waals surface area contributed by atoms with Crippen molar-refractivity contribution in [2.24, 2.45) is 5.92 Å². The van der Waals surface area contributed by atoms with Gasteiger partial charge in [-0.1, -0.05) is 26.7 Å². The summed E-state index contributed by atoms with van der Waals surface area (Å²) >= 11 is 6.19. The Morgan fingerprint density at radius 2 is 1.50 bits per heavy atom. The number of rotatable bonds is 8. The van der Waals surface area contributed by atoms with Gasteiger partial charge in [-0.05, 0) is 44.7 Å². The Morgan fingerprint density at radius 3 is 2.00 bits per heavy atom. The SMILES string of the molecule is CC(C)C(=O)CCCCCCN1C(=O)C(Br)=C(Br)C1=O. The number of unbranched alkanes of at least 4 members (excludes halogenated alkanes) is 3. The summed E-state index contributed by atoms with van der Waals surface area (Å²) in [6, 6.07) is 0. The summed E-state index contributed by atoms with van der Waals surface area (Å²) in [5.74, 6) is -0.156. The lowest BCUT2D eigenvalue weighted by Crippen LogP contribution is -2.32. The fourth-order valence-corrected chi connectivity index (χ4v) is 2.70. The zero-order valence-corrected chi connectivity index (χ0v) is 14.9. The van der Waals surface area contributed by atoms with Gasteiger partial charge in [0.15, 0.2) is 0 Å². The van der Waals surface area contributed by atoms with Crippen LogP contribution >= 0.6 is 31.9 Å². The van der Waals surface area contributed by atoms with Gasteiger partial charge in [-0.3, -0.25) is 19.3 Å². The molecule has 1 rings (SSSR count). The first-order chi connectivity index (χ1) is 9.36. The average molecular weight is 409 g/mol. The molecule has 6 heteroatoms. The lowest BCUT2D eigenvalue weighted by atomic mass is 10.0. The molecule has 0 aromatic heterocycles. The molecule has 0 fully saturated rings. The number of hydrogen-bond donors (Lipinski definition) is 0. The molecule has 0 saturated heterocycles. The van der Waals surface area contributed by atoms with Crippen LogP contribution in [0.4, 0.5) is 0 Å². The maximum absolute atomic E-state index is 11.7. The number of amides is 2. The minimum absolute atomic E-state index is 0.107. The molecule has 0 aromatic carbocycles. The van der Waals surface area contributed by atoms with E-state index in [1.54, 1.807) is 0 Å². The molecule has 0 aliphatic carbocycles. The standard InChI is InChI=1S/C14H19Br2NO3/c1-9(2)10(18)7-5-3-4-6-8-17-13(19)11(15)12(16)14(17)20/h9H,3-8H2,1-2H3. The van der Waals surface area contributed by atoms with Crippen molar-refractivity contribution in [1.29, 1.82) is 0 Å². The van der Waals surface area contributed by atoms with Gasteiger partial charge in [-0.15, -0.1) is 0 Å². The van der Waals surface area contributed by atoms with E-state index in [2.05, 4.69) is 31.9 Å². The number of ketones is 1. The third kappa shape index (κ3) is 4.52. The molecule has 0 unspecified atom stereocenters. The Morgan fingerprint density at radius 1 is 1.00 bits per heavy atom. The van der Waals surface area contributed by atoms with Gasteiger partial charge in [-0.2, -0.15) is 0 Å². The predicted octanol–water partition coefficient (Wildman–Crippen LogP) is 3.53. The lowest BCUT2D eigenvalue weighted by molar-refractivity contribution is -0.137. The van der Waals surface area contributed by atoms with Crippen molar-refractivity contribution < 1.29 is 14.4 Å². The maximum atomic E-state index is 11.7. The lowest BCUT2D eigenvalue weighted by Gasteiger charge is -2.13. The molecule has 4 nitrogen and oxygen atoms in total. The van der Waals surface area contributed by atoms with Crippen LogP contribution in [0.5, 0.6) is 0 Å². The van der Waals surface area contributed by atoms with E-state index in [-0.39, 0.29) is 17.7 Å². The smallest absolute Gasteiger partial charge is 0.269 e. The molecular weight excluding hydrogens is 390 g/mol. The molecule has 0 saturated carbocycles. The van der Waals surface area contributed by atoms with Crippen molar-refractivity contribution >= 4 is 49.5 Å². The maximum Gasteiger partial charge on any atom is 0.269 e. The second-order valence-electron chi connectivity index (χ2n) is 5.18. The summed E-state index contributed by atoms with van der Waals surface area (Å²) < 4.78 is 0.593. The Balaban J connectivity index is 2.19. The third-order valence-electron chi connectivity index (χ3n) is 3.26. The monoisotopic (exact) mass is 407 g/mol. The Kier molecular flexibility index (Phi) is 7.09. The van der Waals surface area contributed by atoms with Gasteiger partial charge in [0.25, 0.3) is 11.8 Å². The van der Waals surface area contributed by atoms with Crippen LogP contribution in [0.3, 0.4) is 0 Å². The molecular formula is C14H19Br2NO3. The molecule has 1 aliphatic heterocycles. The Bertz CT molecular complexity index is 420. The Labute approximate surface area is 136 Å². The van der Waals surface area contributed by atoms with Gasteiger partial charge in [0, 0.05) is 18.9 Å². The van der Waals surface area contributed by atoms with Crippen molar-refractivity contribution in [3.05, 3.63) is 8.96 Å². The summed E-state index contributed by atoms with van der Waals surface area (Å²) in [6.07, 6.45) is 4.14. The summed E-state index contributed by atoms with van der Waals surface area (Å²) in [7, 11) is 0. The van der Waals surface area contributed by atoms with E-state index in [9.17, 15) is 14.4 Å². The van der Waals surface area contributed by atoms with Crippen LogP contribution in [0.25, 0.3) is 0 Å². The molecule has 0 bridgehead atoms. The van der Waals surface area contributed by atoms with E-state index in [0.29, 0.717) is 27.7 Å². The second kappa shape index (κ2) is 8.08. The first-order valence-corrected chi connectivity index (χ1v) is 8.39. The van der Waals surface area contributed by atoms with Crippen LogP contribution in [0, 0.1) is 5.92 Å². The predicted molar refractivity (Wildman–Crippen MR) is 84.5 cm³/mol. The summed E-state index contributed by atoms with van der Waals surface area (Å²) in [4.78, 5) is 36.1. The molecule has 0 N–H and O–H groups in total. The van der Waals surface area contributed by atoms with E-state index in [1.165, 1.54) is 4.90 Å². The zero-order chi connectivity index (χ0) is 15.3. The highest BCUT2D eigenvalue weighted by atomic mass is 79.9. The minimum Gasteiger partial charge on any atom is -0.299 e. The normalized spacial score (nSPS) is 15.8. The number of Topliss-reactive ketones (excluding diaryl/α,β-unsaturated/α-hetero) is 1. The number of imide groups is 1. The quantitative estimate of drug-likeness (QED) is 0.456. The van der Waals surface area contributed by atoms with E-state index in [1.807, 2.05) is 13.8 Å². The highest BCUT2D eigenvalue weighted by molar-refractivity contribution is 9.14. The van der Waals surface area contributed by atoms with Crippen LogP contribution in [-0.2, 0) is 14.4 Å². The van der Waals surface area contributed by atoms with Crippen LogP contribution in [0.2, 0.25) is 0 Å². The van der Waals surface area contributed by atoms with E-state index >= 15 is 0 Å². The number of nitrogens with zero attached hydrogens (tertiary/aromatic N) is 1. The van der Waals surface area contributed by atoms with Gasteiger partial charge in [-0.25, -0.2) is 0 Å². The molecule has 0 radical (unpaired) electrons. The van der Waals surface area contributed by atoms with Gasteiger partial charge in [0.2, 0.25) is 0 Å². The highest BCUT2D eigenvalue weighted by Crippen LogP contribution is 2.29. The van der Waals surface area contributed by atoms with Crippen LogP contribution < -0.4 is 0 Å². The van der Waals surface area contributed by atoms with Crippen molar-refractivity contribution in [2.75, 3.05) is 6.54 Å². The van der Waals surface area contributed by atoms with Crippen LogP contribution in [0.1, 0.15) is 46.0 Å². The van der Waals surface area contributed by atoms with Gasteiger partial charge in [0.1, 0.15) is 14.7 Å². The zero-order valence-electron chi connectivity index (χ0n) is 11.7. The molecule has 0 atom stereocenters. The second-order valence-corrected chi connectivity index (χ2v) is 6.76. The molecule has 0 spiro atoms. The van der Waals surface area contributed by atoms with Crippen molar-refractivity contribution in [3.8, 4) is 0 Å². The number of halogens is 2. The number of hydrogen-bond acceptors (Lipinski definition) is 3. The van der Waals surface area contributed by atoms with Crippen molar-refractivity contribution in [1.82, 2.24) is 4.90 Å². The summed E-state index contributed by atoms with van der Waals surface area (Å²) in [5.41, 5.74) is 0. The van der Waals surface area contributed by atoms with E-state index < -0.39 is 0 Å². The topological polar surface area (TPSA) is 54.5 Å². The van der Waals surface area contributed by atoms with Gasteiger partial charge >= 0.3 is 0 Å². The number of carbonyl (C=O) groups excluding carboxylic acids is 3. The van der Waals surface area contributed by atoms with Crippen LogP contribution in [0.15, 0.2) is 8.96 Å². The fourth-order valence-electron chi connectivity index (χ4n) is 1.93. The molecule has 2 amide bonds. The molecule has 20 heavy (non-hydrogen) atoms. The Hall–Kier alpha value is -0.490. The largest absolute Gasteiger partial charge is 0.299 e. The first-order valence-electron chi connectivity index (χ1n) is 6.80. The minimum atomic E-state index is -0.281. The number of carbonyl (C=O) groups is 3. The van der Waals surface area contributed by atoms with E-state index in [4.69, 9.17) is 0 Å².